The molecule has 0 heterocycles. The molecule has 0 nitrogen and oxygen atoms in total. The van der Waals surface area contributed by atoms with Gasteiger partial charge in [-0.1, -0.05) is 55.4 Å². The quantitative estimate of drug-likeness (QED) is 0.379. The van der Waals surface area contributed by atoms with Crippen LogP contribution >= 0.6 is 11.6 Å². The fourth-order valence-corrected chi connectivity index (χ4v) is 2.27. The van der Waals surface area contributed by atoms with E-state index in [-0.39, 0.29) is 26.2 Å². The Balaban J connectivity index is 0. The van der Waals surface area contributed by atoms with Crippen molar-refractivity contribution in [2.24, 2.45) is 0 Å². The van der Waals surface area contributed by atoms with E-state index < -0.39 is 0 Å². The third-order valence-corrected chi connectivity index (χ3v) is 4.36. The molecule has 0 N–H and O–H groups in total. The van der Waals surface area contributed by atoms with Gasteiger partial charge in [0.2, 0.25) is 0 Å². The van der Waals surface area contributed by atoms with Gasteiger partial charge < -0.3 is 0 Å². The van der Waals surface area contributed by atoms with E-state index >= 15 is 0 Å². The number of rotatable bonds is 0. The number of halogens is 1. The molecule has 0 amide bonds. The van der Waals surface area contributed by atoms with Gasteiger partial charge in [-0.3, -0.25) is 0 Å². The zero-order valence-corrected chi connectivity index (χ0v) is 18.2. The predicted octanol–water partition coefficient (Wildman–Crippen LogP) is 6.13. The summed E-state index contributed by atoms with van der Waals surface area (Å²) in [7, 11) is 0. The van der Waals surface area contributed by atoms with E-state index in [1.54, 1.807) is 0 Å². The molecule has 0 aliphatic rings. The second kappa shape index (κ2) is 10.6. The molecule has 2 rings (SSSR count). The van der Waals surface area contributed by atoms with E-state index in [9.17, 15) is 0 Å². The van der Waals surface area contributed by atoms with Crippen molar-refractivity contribution < 1.29 is 26.2 Å². The Morgan fingerprint density at radius 3 is 0.952 bits per heavy atom. The minimum absolute atomic E-state index is 0. The SMILES string of the molecule is CCl.Cc1c[c-](C)c(C)c1C.Cc1c[c-](C)c(C)c1C.[Zr+2]. The molecule has 2 aromatic rings. The monoisotopic (exact) mass is 382 g/mol. The zero-order chi connectivity index (χ0) is 16.0. The van der Waals surface area contributed by atoms with Gasteiger partial charge in [-0.25, -0.2) is 0 Å². The molecule has 0 saturated heterocycles. The summed E-state index contributed by atoms with van der Waals surface area (Å²) in [5, 5.41) is 0. The van der Waals surface area contributed by atoms with Crippen LogP contribution in [0, 0.1) is 55.4 Å². The molecule has 0 aromatic heterocycles. The number of alkyl halides is 1. The van der Waals surface area contributed by atoms with Crippen molar-refractivity contribution in [2.75, 3.05) is 6.38 Å². The summed E-state index contributed by atoms with van der Waals surface area (Å²) in [6, 6.07) is 4.48. The van der Waals surface area contributed by atoms with Crippen molar-refractivity contribution in [1.29, 1.82) is 0 Å². The van der Waals surface area contributed by atoms with Crippen LogP contribution < -0.4 is 0 Å². The second-order valence-electron chi connectivity index (χ2n) is 5.52. The molecule has 0 saturated carbocycles. The van der Waals surface area contributed by atoms with Gasteiger partial charge in [-0.05, 0) is 0 Å². The molecule has 116 valence electrons. The van der Waals surface area contributed by atoms with Crippen LogP contribution in [-0.4, -0.2) is 6.38 Å². The second-order valence-corrected chi connectivity index (χ2v) is 5.52. The van der Waals surface area contributed by atoms with Crippen LogP contribution in [0.4, 0.5) is 0 Å². The first-order valence-corrected chi connectivity index (χ1v) is 7.79. The summed E-state index contributed by atoms with van der Waals surface area (Å²) in [5.74, 6) is 0. The van der Waals surface area contributed by atoms with Crippen molar-refractivity contribution in [3.8, 4) is 0 Å². The Labute approximate surface area is 155 Å². The molecule has 0 radical (unpaired) electrons. The van der Waals surface area contributed by atoms with Gasteiger partial charge in [-0.15, -0.1) is 11.6 Å². The molecule has 0 atom stereocenters. The van der Waals surface area contributed by atoms with Gasteiger partial charge in [0, 0.05) is 6.38 Å². The zero-order valence-electron chi connectivity index (χ0n) is 15.0. The molecular weight excluding hydrogens is 355 g/mol. The number of hydrogen-bond donors (Lipinski definition) is 0. The van der Waals surface area contributed by atoms with Gasteiger partial charge >= 0.3 is 26.2 Å². The third-order valence-electron chi connectivity index (χ3n) is 4.36. The molecule has 2 heteroatoms. The maximum Gasteiger partial charge on any atom is 2.00 e. The topological polar surface area (TPSA) is 0 Å². The smallest absolute Gasteiger partial charge is 0.199 e. The van der Waals surface area contributed by atoms with Crippen LogP contribution in [-0.2, 0) is 26.2 Å². The standard InChI is InChI=1S/2C9H13.CH3Cl.Zr/c2*1-6-5-7(2)9(4)8(6)3;1-2;/h2*5H,1-4H3;1H3;/q2*-1;;+2. The van der Waals surface area contributed by atoms with Crippen molar-refractivity contribution in [1.82, 2.24) is 0 Å². The van der Waals surface area contributed by atoms with Crippen molar-refractivity contribution in [3.63, 3.8) is 0 Å². The molecule has 0 aliphatic heterocycles. The Hall–Kier alpha value is -0.127. The van der Waals surface area contributed by atoms with Gasteiger partial charge in [0.05, 0.1) is 0 Å². The van der Waals surface area contributed by atoms with Crippen LogP contribution in [0.15, 0.2) is 12.1 Å². The van der Waals surface area contributed by atoms with Crippen molar-refractivity contribution >= 4 is 11.6 Å². The molecule has 21 heavy (non-hydrogen) atoms. The number of aryl methyl sites for hydroxylation is 4. The Morgan fingerprint density at radius 1 is 0.667 bits per heavy atom. The largest absolute Gasteiger partial charge is 2.00 e. The summed E-state index contributed by atoms with van der Waals surface area (Å²) in [6.07, 6.45) is 1.47. The van der Waals surface area contributed by atoms with E-state index in [1.165, 1.54) is 50.9 Å². The molecule has 0 spiro atoms. The first-order valence-electron chi connectivity index (χ1n) is 7.03. The van der Waals surface area contributed by atoms with Crippen LogP contribution in [0.25, 0.3) is 0 Å². The van der Waals surface area contributed by atoms with Crippen LogP contribution in [0.3, 0.4) is 0 Å². The van der Waals surface area contributed by atoms with E-state index in [2.05, 4.69) is 79.1 Å². The first kappa shape index (κ1) is 23.1. The minimum Gasteiger partial charge on any atom is -0.199 e. The first-order chi connectivity index (χ1) is 9.25. The summed E-state index contributed by atoms with van der Waals surface area (Å²) >= 11 is 4.64. The molecule has 2 aromatic carbocycles. The third kappa shape index (κ3) is 6.25. The molecular formula is C19H29ClZr. The van der Waals surface area contributed by atoms with E-state index in [0.29, 0.717) is 0 Å². The Bertz CT molecular complexity index is 449. The van der Waals surface area contributed by atoms with Crippen molar-refractivity contribution in [2.45, 2.75) is 55.4 Å². The maximum atomic E-state index is 4.64. The fraction of sp³-hybridized carbons (Fsp3) is 0.474. The Kier molecular flexibility index (Phi) is 11.7. The minimum atomic E-state index is 0. The van der Waals surface area contributed by atoms with Gasteiger partial charge in [0.15, 0.2) is 0 Å². The summed E-state index contributed by atoms with van der Waals surface area (Å²) < 4.78 is 0. The normalized spacial score (nSPS) is 9.05. The molecule has 0 fully saturated rings. The maximum absolute atomic E-state index is 4.64. The molecule has 0 bridgehead atoms. The average Bonchev–Trinajstić information content (AvgIpc) is 2.78. The summed E-state index contributed by atoms with van der Waals surface area (Å²) in [5.41, 5.74) is 11.5. The van der Waals surface area contributed by atoms with Gasteiger partial charge in [-0.2, -0.15) is 56.6 Å². The predicted molar refractivity (Wildman–Crippen MR) is 93.7 cm³/mol. The van der Waals surface area contributed by atoms with Gasteiger partial charge in [0.25, 0.3) is 0 Å². The van der Waals surface area contributed by atoms with Crippen LogP contribution in [0.2, 0.25) is 0 Å². The average molecular weight is 384 g/mol. The summed E-state index contributed by atoms with van der Waals surface area (Å²) in [6.45, 7) is 17.4. The van der Waals surface area contributed by atoms with Gasteiger partial charge in [0.1, 0.15) is 0 Å². The van der Waals surface area contributed by atoms with E-state index in [4.69, 9.17) is 0 Å². The van der Waals surface area contributed by atoms with E-state index in [1.807, 2.05) is 0 Å². The fourth-order valence-electron chi connectivity index (χ4n) is 2.27. The van der Waals surface area contributed by atoms with Crippen molar-refractivity contribution in [3.05, 3.63) is 56.6 Å². The molecule has 0 aliphatic carbocycles. The summed E-state index contributed by atoms with van der Waals surface area (Å²) in [4.78, 5) is 0. The molecule has 0 unspecified atom stereocenters. The number of hydrogen-bond acceptors (Lipinski definition) is 0. The van der Waals surface area contributed by atoms with E-state index in [0.717, 1.165) is 0 Å². The Morgan fingerprint density at radius 2 is 0.905 bits per heavy atom. The van der Waals surface area contributed by atoms with Crippen LogP contribution in [0.5, 0.6) is 0 Å². The van der Waals surface area contributed by atoms with Crippen LogP contribution in [0.1, 0.15) is 44.5 Å².